The predicted molar refractivity (Wildman–Crippen MR) is 185 cm³/mol. The topological polar surface area (TPSA) is 138 Å². The van der Waals surface area contributed by atoms with Gasteiger partial charge in [-0.2, -0.15) is 5.10 Å². The first-order valence-electron chi connectivity index (χ1n) is 17.7. The Balaban J connectivity index is 1.06. The van der Waals surface area contributed by atoms with Crippen LogP contribution < -0.4 is 15.8 Å². The van der Waals surface area contributed by atoms with E-state index in [0.717, 1.165) is 72.4 Å². The second kappa shape index (κ2) is 11.4. The van der Waals surface area contributed by atoms with Crippen LogP contribution in [0.15, 0.2) is 42.7 Å². The molecule has 0 radical (unpaired) electrons. The molecule has 2 bridgehead atoms. The zero-order valence-electron chi connectivity index (χ0n) is 28.3. The Morgan fingerprint density at radius 3 is 2.63 bits per heavy atom. The van der Waals surface area contributed by atoms with Crippen LogP contribution in [0.2, 0.25) is 0 Å². The monoisotopic (exact) mass is 661 g/mol. The molecule has 4 aromatic heterocycles. The van der Waals surface area contributed by atoms with Crippen LogP contribution in [0.1, 0.15) is 90.4 Å². The summed E-state index contributed by atoms with van der Waals surface area (Å²) in [5, 5.41) is 8.50. The standard InChI is InChI=1S/C37H43N9O3/c1-20(40-36(47)25-16-39-46(18-25)26-9-10-26)29-11-7-23-14-31(45(34(23)41-29)17-21-4-5-21)35-42-30-13-24(15-32(49-3)33(30)43(35)2)37(48)44-19-28(38)22-6-8-27(44)12-22/h7,11,13-16,18,20-22,26-28H,4-6,8-10,12,17,19,38H2,1-3H3,(H,40,47)/t20-,22-,27+,28+/m1/s1. The van der Waals surface area contributed by atoms with Crippen molar-refractivity contribution in [3.8, 4) is 17.3 Å². The van der Waals surface area contributed by atoms with Crippen molar-refractivity contribution in [1.29, 1.82) is 0 Å². The van der Waals surface area contributed by atoms with Crippen LogP contribution in [0.5, 0.6) is 5.75 Å². The van der Waals surface area contributed by atoms with Gasteiger partial charge >= 0.3 is 0 Å². The van der Waals surface area contributed by atoms with E-state index in [-0.39, 0.29) is 29.9 Å². The number of carbonyl (C=O) groups is 2. The van der Waals surface area contributed by atoms with Crippen molar-refractivity contribution in [3.05, 3.63) is 59.5 Å². The number of rotatable bonds is 9. The Morgan fingerprint density at radius 2 is 1.86 bits per heavy atom. The van der Waals surface area contributed by atoms with Crippen LogP contribution in [0.25, 0.3) is 33.6 Å². The van der Waals surface area contributed by atoms with Gasteiger partial charge < -0.3 is 29.8 Å². The lowest BCUT2D eigenvalue weighted by atomic mass is 9.94. The summed E-state index contributed by atoms with van der Waals surface area (Å²) < 4.78 is 12.1. The molecule has 3 N–H and O–H groups in total. The Kier molecular flexibility index (Phi) is 7.08. The molecule has 5 heterocycles. The zero-order valence-corrected chi connectivity index (χ0v) is 28.3. The second-order valence-corrected chi connectivity index (χ2v) is 14.8. The smallest absolute Gasteiger partial charge is 0.254 e. The molecule has 2 amide bonds. The molecule has 3 aliphatic carbocycles. The van der Waals surface area contributed by atoms with E-state index in [1.165, 1.54) is 12.8 Å². The average Bonchev–Trinajstić information content (AvgIpc) is 3.95. The van der Waals surface area contributed by atoms with Gasteiger partial charge in [-0.25, -0.2) is 9.97 Å². The van der Waals surface area contributed by atoms with Crippen molar-refractivity contribution in [1.82, 2.24) is 39.1 Å². The van der Waals surface area contributed by atoms with Crippen molar-refractivity contribution in [3.63, 3.8) is 0 Å². The van der Waals surface area contributed by atoms with Crippen molar-refractivity contribution >= 4 is 33.9 Å². The molecule has 12 nitrogen and oxygen atoms in total. The number of piperidine rings is 1. The highest BCUT2D eigenvalue weighted by molar-refractivity contribution is 6.00. The van der Waals surface area contributed by atoms with E-state index in [4.69, 9.17) is 20.4 Å². The Hall–Kier alpha value is -4.71. The lowest BCUT2D eigenvalue weighted by molar-refractivity contribution is 0.0603. The molecule has 3 saturated carbocycles. The fraction of sp³-hybridized carbons (Fsp3) is 0.486. The number of aryl methyl sites for hydroxylation is 1. The predicted octanol–water partition coefficient (Wildman–Crippen LogP) is 4.98. The van der Waals surface area contributed by atoms with Crippen LogP contribution >= 0.6 is 0 Å². The van der Waals surface area contributed by atoms with Crippen molar-refractivity contribution < 1.29 is 14.3 Å². The van der Waals surface area contributed by atoms with E-state index in [0.29, 0.717) is 46.8 Å². The molecule has 1 saturated heterocycles. The third-order valence-corrected chi connectivity index (χ3v) is 11.3. The lowest BCUT2D eigenvalue weighted by Crippen LogP contribution is -2.51. The van der Waals surface area contributed by atoms with E-state index in [1.807, 2.05) is 47.9 Å². The third-order valence-electron chi connectivity index (χ3n) is 11.3. The van der Waals surface area contributed by atoms with Gasteiger partial charge in [0.1, 0.15) is 16.9 Å². The first-order chi connectivity index (χ1) is 23.7. The summed E-state index contributed by atoms with van der Waals surface area (Å²) in [7, 11) is 3.64. The van der Waals surface area contributed by atoms with Gasteiger partial charge in [-0.1, -0.05) is 0 Å². The van der Waals surface area contributed by atoms with Crippen molar-refractivity contribution in [2.75, 3.05) is 13.7 Å². The van der Waals surface area contributed by atoms with E-state index in [1.54, 1.807) is 13.3 Å². The minimum atomic E-state index is -0.297. The number of nitrogens with zero attached hydrogens (tertiary/aromatic N) is 7. The molecule has 12 heteroatoms. The number of fused-ring (bicyclic) bond motifs is 4. The Bertz CT molecular complexity index is 2120. The normalized spacial score (nSPS) is 22.6. The minimum Gasteiger partial charge on any atom is -0.494 e. The number of nitrogens with two attached hydrogens (primary N) is 1. The largest absolute Gasteiger partial charge is 0.494 e. The minimum absolute atomic E-state index is 0.00858. The van der Waals surface area contributed by atoms with Crippen molar-refractivity contribution in [2.45, 2.75) is 82.6 Å². The van der Waals surface area contributed by atoms with Gasteiger partial charge in [-0.05, 0) is 94.0 Å². The summed E-state index contributed by atoms with van der Waals surface area (Å²) in [6.45, 7) is 3.38. The maximum Gasteiger partial charge on any atom is 0.254 e. The fourth-order valence-electron chi connectivity index (χ4n) is 8.08. The van der Waals surface area contributed by atoms with E-state index in [9.17, 15) is 9.59 Å². The maximum absolute atomic E-state index is 13.9. The number of nitrogens with one attached hydrogen (secondary N) is 1. The number of ether oxygens (including phenoxy) is 1. The highest BCUT2D eigenvalue weighted by Gasteiger charge is 2.41. The number of aromatic nitrogens is 6. The van der Waals surface area contributed by atoms with Crippen LogP contribution in [0.4, 0.5) is 0 Å². The molecule has 4 aliphatic rings. The highest BCUT2D eigenvalue weighted by Crippen LogP contribution is 2.40. The lowest BCUT2D eigenvalue weighted by Gasteiger charge is -2.37. The molecular formula is C37H43N9O3. The molecule has 1 aliphatic heterocycles. The molecule has 0 unspecified atom stereocenters. The first-order valence-corrected chi connectivity index (χ1v) is 17.7. The number of imidazole rings is 1. The SMILES string of the molecule is COc1cc(C(=O)N2C[C@H](N)[C@@H]3CC[C@H]2C3)cc2nc(-c3cc4ccc([C@@H](C)NC(=O)c5cnn(C6CC6)c5)nc4n3CC3CC3)n(C)c12. The quantitative estimate of drug-likeness (QED) is 0.227. The van der Waals surface area contributed by atoms with Gasteiger partial charge in [0.15, 0.2) is 5.82 Å². The number of hydrogen-bond acceptors (Lipinski definition) is 7. The molecule has 1 aromatic carbocycles. The number of pyridine rings is 1. The summed E-state index contributed by atoms with van der Waals surface area (Å²) in [6, 6.07) is 10.4. The summed E-state index contributed by atoms with van der Waals surface area (Å²) in [4.78, 5) is 39.2. The van der Waals surface area contributed by atoms with Crippen molar-refractivity contribution in [2.24, 2.45) is 24.6 Å². The van der Waals surface area contributed by atoms with Crippen LogP contribution in [0, 0.1) is 11.8 Å². The Labute approximate surface area is 284 Å². The summed E-state index contributed by atoms with van der Waals surface area (Å²) in [6.07, 6.45) is 11.2. The van der Waals surface area contributed by atoms with Crippen LogP contribution in [-0.4, -0.2) is 71.3 Å². The molecular weight excluding hydrogens is 618 g/mol. The van der Waals surface area contributed by atoms with Gasteiger partial charge in [0.2, 0.25) is 0 Å². The van der Waals surface area contributed by atoms with E-state index < -0.39 is 0 Å². The number of amides is 2. The number of carbonyl (C=O) groups excluding carboxylic acids is 2. The maximum atomic E-state index is 13.9. The number of hydrogen-bond donors (Lipinski definition) is 2. The summed E-state index contributed by atoms with van der Waals surface area (Å²) in [5.41, 5.74) is 11.8. The highest BCUT2D eigenvalue weighted by atomic mass is 16.5. The fourth-order valence-corrected chi connectivity index (χ4v) is 8.08. The number of methoxy groups -OCH3 is 1. The van der Waals surface area contributed by atoms with Gasteiger partial charge in [-0.15, -0.1) is 0 Å². The molecule has 254 valence electrons. The Morgan fingerprint density at radius 1 is 1.04 bits per heavy atom. The summed E-state index contributed by atoms with van der Waals surface area (Å²) >= 11 is 0. The zero-order chi connectivity index (χ0) is 33.6. The number of likely N-dealkylation sites (tertiary alicyclic amines) is 1. The average molecular weight is 662 g/mol. The molecule has 9 rings (SSSR count). The van der Waals surface area contributed by atoms with Crippen LogP contribution in [0.3, 0.4) is 0 Å². The van der Waals surface area contributed by atoms with Gasteiger partial charge in [0.25, 0.3) is 11.8 Å². The van der Waals surface area contributed by atoms with Gasteiger partial charge in [-0.3, -0.25) is 14.3 Å². The van der Waals surface area contributed by atoms with Gasteiger partial charge in [0, 0.05) is 49.4 Å². The molecule has 4 atom stereocenters. The molecule has 5 aromatic rings. The van der Waals surface area contributed by atoms with E-state index in [2.05, 4.69) is 31.7 Å². The molecule has 49 heavy (non-hydrogen) atoms. The molecule has 0 spiro atoms. The number of benzene rings is 1. The first kappa shape index (κ1) is 30.4. The van der Waals surface area contributed by atoms with Crippen LogP contribution in [-0.2, 0) is 13.6 Å². The van der Waals surface area contributed by atoms with E-state index >= 15 is 0 Å². The van der Waals surface area contributed by atoms with Gasteiger partial charge in [0.05, 0.1) is 47.9 Å². The molecule has 4 fully saturated rings. The third kappa shape index (κ3) is 5.27. The summed E-state index contributed by atoms with van der Waals surface area (Å²) in [5.74, 6) is 2.33. The second-order valence-electron chi connectivity index (χ2n) is 14.8.